The van der Waals surface area contributed by atoms with Gasteiger partial charge in [0.2, 0.25) is 11.8 Å². The summed E-state index contributed by atoms with van der Waals surface area (Å²) in [4.78, 5) is 60.9. The average Bonchev–Trinajstić information content (AvgIpc) is 3.49. The molecule has 7 heterocycles. The van der Waals surface area contributed by atoms with Crippen LogP contribution in [0.1, 0.15) is 46.4 Å². The second kappa shape index (κ2) is 13.0. The highest BCUT2D eigenvalue weighted by Gasteiger charge is 2.57. The van der Waals surface area contributed by atoms with E-state index in [1.54, 1.807) is 30.3 Å². The maximum Gasteiger partial charge on any atom is 0.262 e. The first-order valence-electron chi connectivity index (χ1n) is 19.5. The number of aromatic nitrogens is 2. The number of carbonyl (C=O) groups excluding carboxylic acids is 4. The number of anilines is 3. The fourth-order valence-electron chi connectivity index (χ4n) is 10.2. The maximum absolute atomic E-state index is 16.3. The molecule has 14 nitrogen and oxygen atoms in total. The predicted octanol–water partition coefficient (Wildman–Crippen LogP) is 2.35. The Hall–Kier alpha value is -5.15. The summed E-state index contributed by atoms with van der Waals surface area (Å²) >= 11 is 0. The number of aromatic hydroxyl groups is 1. The van der Waals surface area contributed by atoms with Crippen LogP contribution in [0.15, 0.2) is 48.5 Å². The van der Waals surface area contributed by atoms with E-state index in [0.717, 1.165) is 67.9 Å². The quantitative estimate of drug-likeness (QED) is 0.304. The molecule has 1 saturated carbocycles. The molecule has 15 heteroatoms. The van der Waals surface area contributed by atoms with Gasteiger partial charge < -0.3 is 20.2 Å². The lowest BCUT2D eigenvalue weighted by Crippen LogP contribution is -2.58. The van der Waals surface area contributed by atoms with Gasteiger partial charge in [-0.25, -0.2) is 4.39 Å². The molecule has 1 aromatic heterocycles. The van der Waals surface area contributed by atoms with Gasteiger partial charge in [0.05, 0.1) is 28.6 Å². The second-order valence-electron chi connectivity index (χ2n) is 16.5. The first-order chi connectivity index (χ1) is 26.6. The Labute approximate surface area is 317 Å². The highest BCUT2D eigenvalue weighted by atomic mass is 19.1. The number of para-hydroxylation sites is 1. The largest absolute Gasteiger partial charge is 0.507 e. The Morgan fingerprint density at radius 2 is 1.64 bits per heavy atom. The zero-order chi connectivity index (χ0) is 37.6. The van der Waals surface area contributed by atoms with Crippen LogP contribution in [0.3, 0.4) is 0 Å². The van der Waals surface area contributed by atoms with Gasteiger partial charge in [0.15, 0.2) is 5.82 Å². The third kappa shape index (κ3) is 5.98. The Morgan fingerprint density at radius 1 is 0.855 bits per heavy atom. The fraction of sp³-hybridized carbons (Fsp3) is 0.500. The monoisotopic (exact) mass is 749 g/mol. The van der Waals surface area contributed by atoms with Crippen LogP contribution < -0.4 is 20.4 Å². The number of amides is 4. The van der Waals surface area contributed by atoms with Gasteiger partial charge in [0.25, 0.3) is 11.8 Å². The number of nitrogens with zero attached hydrogens (tertiary/aromatic N) is 7. The molecular formula is C40H44FN9O5. The summed E-state index contributed by atoms with van der Waals surface area (Å²) in [6.07, 6.45) is 0.954. The molecular weight excluding hydrogens is 705 g/mol. The first kappa shape index (κ1) is 34.3. The predicted molar refractivity (Wildman–Crippen MR) is 201 cm³/mol. The van der Waals surface area contributed by atoms with Crippen molar-refractivity contribution in [2.24, 2.45) is 17.8 Å². The molecule has 5 atom stereocenters. The van der Waals surface area contributed by atoms with Crippen LogP contribution in [-0.2, 0) is 9.59 Å². The van der Waals surface area contributed by atoms with Gasteiger partial charge in [-0.15, -0.1) is 10.2 Å². The molecule has 3 aromatic rings. The number of nitrogens with one attached hydrogen (secondary N) is 2. The van der Waals surface area contributed by atoms with Crippen LogP contribution in [0.5, 0.6) is 5.75 Å². The topological polar surface area (TPSA) is 155 Å². The lowest BCUT2D eigenvalue weighted by molar-refractivity contribution is -0.136. The van der Waals surface area contributed by atoms with Crippen molar-refractivity contribution in [3.63, 3.8) is 0 Å². The van der Waals surface area contributed by atoms with Gasteiger partial charge in [0, 0.05) is 96.0 Å². The minimum atomic E-state index is -1.28. The van der Waals surface area contributed by atoms with Crippen LogP contribution >= 0.6 is 0 Å². The SMILES string of the molecule is O=C1CCC(N2C(=O)c3ccc(N4CCC(F)(CN5C[C@@H]6C(CN7CCN8c9cc(-c%10ccccc%10O)nnc9NC[C@H]8C7)[C@@H]6C5)CC4)cc3C2=O)C(=O)N1. The van der Waals surface area contributed by atoms with Crippen molar-refractivity contribution in [1.29, 1.82) is 0 Å². The molecule has 6 aliphatic heterocycles. The number of hydrogen-bond donors (Lipinski definition) is 3. The molecule has 10 rings (SSSR count). The van der Waals surface area contributed by atoms with Crippen LogP contribution in [0.4, 0.5) is 21.6 Å². The van der Waals surface area contributed by atoms with Gasteiger partial charge in [-0.3, -0.25) is 39.2 Å². The minimum absolute atomic E-state index is 0.0714. The zero-order valence-corrected chi connectivity index (χ0v) is 30.5. The molecule has 286 valence electrons. The lowest BCUT2D eigenvalue weighted by Gasteiger charge is -2.46. The molecule has 7 aliphatic rings. The van der Waals surface area contributed by atoms with Gasteiger partial charge in [-0.1, -0.05) is 12.1 Å². The molecule has 0 radical (unpaired) electrons. The van der Waals surface area contributed by atoms with E-state index in [4.69, 9.17) is 0 Å². The maximum atomic E-state index is 16.3. The second-order valence-corrected chi connectivity index (χ2v) is 16.5. The Kier molecular flexibility index (Phi) is 8.10. The molecule has 4 amide bonds. The number of rotatable bonds is 7. The summed E-state index contributed by atoms with van der Waals surface area (Å²) in [5.41, 5.74) is 2.34. The number of fused-ring (bicyclic) bond motifs is 5. The number of likely N-dealkylation sites (tertiary alicyclic amines) is 1. The number of alkyl halides is 1. The number of benzene rings is 2. The smallest absolute Gasteiger partial charge is 0.262 e. The molecule has 55 heavy (non-hydrogen) atoms. The first-order valence-corrected chi connectivity index (χ1v) is 19.5. The summed E-state index contributed by atoms with van der Waals surface area (Å²) in [6, 6.07) is 13.7. The van der Waals surface area contributed by atoms with Crippen molar-refractivity contribution < 1.29 is 28.7 Å². The average molecular weight is 750 g/mol. The number of phenols is 1. The van der Waals surface area contributed by atoms with E-state index in [2.05, 4.69) is 40.4 Å². The third-order valence-corrected chi connectivity index (χ3v) is 13.2. The van der Waals surface area contributed by atoms with Crippen molar-refractivity contribution in [2.45, 2.75) is 43.4 Å². The fourth-order valence-corrected chi connectivity index (χ4v) is 10.2. The molecule has 1 aliphatic carbocycles. The van der Waals surface area contributed by atoms with Crippen LogP contribution in [0.2, 0.25) is 0 Å². The van der Waals surface area contributed by atoms with E-state index in [9.17, 15) is 24.3 Å². The van der Waals surface area contributed by atoms with Crippen molar-refractivity contribution in [3.05, 3.63) is 59.7 Å². The molecule has 5 fully saturated rings. The van der Waals surface area contributed by atoms with Crippen LogP contribution in [0, 0.1) is 17.8 Å². The summed E-state index contributed by atoms with van der Waals surface area (Å²) in [6.45, 7) is 8.08. The van der Waals surface area contributed by atoms with Crippen LogP contribution in [0.25, 0.3) is 11.3 Å². The molecule has 3 N–H and O–H groups in total. The number of imide groups is 2. The number of piperidine rings is 3. The Balaban J connectivity index is 0.702. The normalized spacial score (nSPS) is 28.7. The standard InChI is InChI=1S/C40H44FN9O5/c41-40(9-11-48(12-10-40)23-5-6-25-27(15-23)39(55)50(38(25)54)32-7-8-35(52)43-37(32)53)22-47-20-29-28(30(29)21-47)19-46-13-14-49-24(18-46)17-42-36-33(49)16-31(44-45-36)26-3-1-2-4-34(26)51/h1-6,15-16,24,28-30,32,51H,7-14,17-22H2,(H,42,45)(H,43,52,53)/t24-,28?,29-,30+,32?/m0/s1. The van der Waals surface area contributed by atoms with E-state index in [1.165, 1.54) is 0 Å². The molecule has 2 aromatic carbocycles. The zero-order valence-electron chi connectivity index (χ0n) is 30.5. The molecule has 0 spiro atoms. The highest BCUT2D eigenvalue weighted by Crippen LogP contribution is 2.53. The van der Waals surface area contributed by atoms with Crippen molar-refractivity contribution in [2.75, 3.05) is 80.6 Å². The number of halogens is 1. The van der Waals surface area contributed by atoms with E-state index in [-0.39, 0.29) is 29.7 Å². The summed E-state index contributed by atoms with van der Waals surface area (Å²) in [5, 5.41) is 24.9. The number of phenolic OH excluding ortho intramolecular Hbond substituents is 1. The van der Waals surface area contributed by atoms with Gasteiger partial charge in [-0.05, 0) is 60.6 Å². The van der Waals surface area contributed by atoms with E-state index in [1.807, 2.05) is 18.2 Å². The highest BCUT2D eigenvalue weighted by molar-refractivity contribution is 6.23. The van der Waals surface area contributed by atoms with Crippen LogP contribution in [-0.4, -0.2) is 137 Å². The number of piperazine rings is 1. The van der Waals surface area contributed by atoms with Crippen molar-refractivity contribution in [3.8, 4) is 17.0 Å². The van der Waals surface area contributed by atoms with E-state index < -0.39 is 35.3 Å². The summed E-state index contributed by atoms with van der Waals surface area (Å²) in [7, 11) is 0. The summed E-state index contributed by atoms with van der Waals surface area (Å²) in [5.74, 6) is 0.773. The number of carbonyl (C=O) groups is 4. The van der Waals surface area contributed by atoms with Crippen molar-refractivity contribution >= 4 is 40.8 Å². The number of hydrogen-bond acceptors (Lipinski definition) is 12. The summed E-state index contributed by atoms with van der Waals surface area (Å²) < 4.78 is 16.3. The Morgan fingerprint density at radius 3 is 2.42 bits per heavy atom. The van der Waals surface area contributed by atoms with E-state index >= 15 is 4.39 Å². The molecule has 4 saturated heterocycles. The Bertz CT molecular complexity index is 2100. The van der Waals surface area contributed by atoms with E-state index in [0.29, 0.717) is 67.5 Å². The van der Waals surface area contributed by atoms with Crippen molar-refractivity contribution in [1.82, 2.24) is 30.2 Å². The third-order valence-electron chi connectivity index (χ3n) is 13.2. The molecule has 0 bridgehead atoms. The van der Waals surface area contributed by atoms with Gasteiger partial charge >= 0.3 is 0 Å². The van der Waals surface area contributed by atoms with Gasteiger partial charge in [0.1, 0.15) is 17.5 Å². The molecule has 2 unspecified atom stereocenters. The minimum Gasteiger partial charge on any atom is -0.507 e. The lowest BCUT2D eigenvalue weighted by atomic mass is 9.92. The van der Waals surface area contributed by atoms with Gasteiger partial charge in [-0.2, -0.15) is 0 Å².